The topological polar surface area (TPSA) is 72.5 Å². The SMILES string of the molecule is O=c1ccn2c(c1O)-c1ncc(CN3CCOCC3)n1CC2. The van der Waals surface area contributed by atoms with Gasteiger partial charge >= 0.3 is 0 Å². The van der Waals surface area contributed by atoms with E-state index in [9.17, 15) is 9.90 Å². The fourth-order valence-corrected chi connectivity index (χ4v) is 3.16. The van der Waals surface area contributed by atoms with Crippen LogP contribution >= 0.6 is 0 Å². The molecule has 0 bridgehead atoms. The maximum atomic E-state index is 11.7. The van der Waals surface area contributed by atoms with Crippen molar-refractivity contribution in [3.63, 3.8) is 0 Å². The van der Waals surface area contributed by atoms with Crippen LogP contribution in [0.4, 0.5) is 0 Å². The van der Waals surface area contributed by atoms with E-state index in [2.05, 4.69) is 14.5 Å². The summed E-state index contributed by atoms with van der Waals surface area (Å²) < 4.78 is 9.36. The highest BCUT2D eigenvalue weighted by molar-refractivity contribution is 5.61. The average Bonchev–Trinajstić information content (AvgIpc) is 2.95. The van der Waals surface area contributed by atoms with Crippen LogP contribution in [0.5, 0.6) is 5.75 Å². The third kappa shape index (κ3) is 2.13. The summed E-state index contributed by atoms with van der Waals surface area (Å²) >= 11 is 0. The molecule has 2 aromatic heterocycles. The van der Waals surface area contributed by atoms with E-state index in [1.807, 2.05) is 10.8 Å². The summed E-state index contributed by atoms with van der Waals surface area (Å²) in [5.41, 5.74) is 1.27. The molecule has 0 spiro atoms. The third-order valence-electron chi connectivity index (χ3n) is 4.35. The monoisotopic (exact) mass is 302 g/mol. The zero-order valence-corrected chi connectivity index (χ0v) is 12.2. The molecular formula is C15H18N4O3. The molecule has 1 saturated heterocycles. The fraction of sp³-hybridized carbons (Fsp3) is 0.467. The van der Waals surface area contributed by atoms with Crippen LogP contribution < -0.4 is 5.43 Å². The molecule has 0 amide bonds. The van der Waals surface area contributed by atoms with E-state index < -0.39 is 0 Å². The third-order valence-corrected chi connectivity index (χ3v) is 4.35. The molecule has 4 heterocycles. The largest absolute Gasteiger partial charge is 0.503 e. The van der Waals surface area contributed by atoms with E-state index in [0.717, 1.165) is 51.6 Å². The first-order chi connectivity index (χ1) is 10.7. The Morgan fingerprint density at radius 1 is 1.23 bits per heavy atom. The van der Waals surface area contributed by atoms with Crippen molar-refractivity contribution in [2.45, 2.75) is 19.6 Å². The lowest BCUT2D eigenvalue weighted by Crippen LogP contribution is -2.36. The van der Waals surface area contributed by atoms with Crippen LogP contribution in [0, 0.1) is 0 Å². The first-order valence-electron chi connectivity index (χ1n) is 7.51. The summed E-state index contributed by atoms with van der Waals surface area (Å²) in [5, 5.41) is 10.1. The second kappa shape index (κ2) is 5.26. The summed E-state index contributed by atoms with van der Waals surface area (Å²) in [6, 6.07) is 1.39. The number of ether oxygens (including phenoxy) is 1. The van der Waals surface area contributed by atoms with Crippen molar-refractivity contribution in [2.75, 3.05) is 26.3 Å². The van der Waals surface area contributed by atoms with Gasteiger partial charge in [-0.3, -0.25) is 9.69 Å². The van der Waals surface area contributed by atoms with Crippen molar-refractivity contribution < 1.29 is 9.84 Å². The minimum absolute atomic E-state index is 0.216. The van der Waals surface area contributed by atoms with Gasteiger partial charge < -0.3 is 19.0 Å². The zero-order valence-electron chi connectivity index (χ0n) is 12.2. The number of rotatable bonds is 2. The predicted molar refractivity (Wildman–Crippen MR) is 79.7 cm³/mol. The highest BCUT2D eigenvalue weighted by Gasteiger charge is 2.24. The Bertz CT molecular complexity index is 759. The number of fused-ring (bicyclic) bond motifs is 3. The highest BCUT2D eigenvalue weighted by Crippen LogP contribution is 2.30. The van der Waals surface area contributed by atoms with Gasteiger partial charge in [0.15, 0.2) is 11.6 Å². The maximum absolute atomic E-state index is 11.7. The lowest BCUT2D eigenvalue weighted by molar-refractivity contribution is 0.0331. The number of aromatic hydroxyl groups is 1. The second-order valence-electron chi connectivity index (χ2n) is 5.68. The van der Waals surface area contributed by atoms with E-state index >= 15 is 0 Å². The van der Waals surface area contributed by atoms with Crippen LogP contribution in [0.15, 0.2) is 23.3 Å². The molecule has 4 rings (SSSR count). The zero-order chi connectivity index (χ0) is 15.1. The van der Waals surface area contributed by atoms with Crippen molar-refractivity contribution in [1.82, 2.24) is 19.0 Å². The normalized spacial score (nSPS) is 18.0. The first-order valence-corrected chi connectivity index (χ1v) is 7.51. The van der Waals surface area contributed by atoms with Crippen molar-refractivity contribution in [1.29, 1.82) is 0 Å². The van der Waals surface area contributed by atoms with Crippen LogP contribution in [0.1, 0.15) is 5.69 Å². The van der Waals surface area contributed by atoms with E-state index in [0.29, 0.717) is 11.5 Å². The standard InChI is InChI=1S/C15H18N4O3/c20-12-1-2-18-3-4-19-11(10-17-5-7-22-8-6-17)9-16-15(19)13(18)14(12)21/h1-2,9,21H,3-8,10H2. The molecule has 0 aliphatic carbocycles. The highest BCUT2D eigenvalue weighted by atomic mass is 16.5. The summed E-state index contributed by atoms with van der Waals surface area (Å²) in [6.07, 6.45) is 3.56. The molecule has 7 nitrogen and oxygen atoms in total. The lowest BCUT2D eigenvalue weighted by atomic mass is 10.2. The molecule has 1 N–H and O–H groups in total. The van der Waals surface area contributed by atoms with Crippen LogP contribution in [0.25, 0.3) is 11.5 Å². The molecule has 1 fully saturated rings. The van der Waals surface area contributed by atoms with Crippen molar-refractivity contribution in [3.8, 4) is 17.3 Å². The molecule has 2 aliphatic heterocycles. The number of hydrogen-bond acceptors (Lipinski definition) is 5. The minimum atomic E-state index is -0.363. The summed E-state index contributed by atoms with van der Waals surface area (Å²) in [4.78, 5) is 18.5. The summed E-state index contributed by atoms with van der Waals surface area (Å²) in [6.45, 7) is 5.70. The smallest absolute Gasteiger partial charge is 0.223 e. The minimum Gasteiger partial charge on any atom is -0.503 e. The van der Waals surface area contributed by atoms with Gasteiger partial charge in [-0.25, -0.2) is 4.98 Å². The Morgan fingerprint density at radius 2 is 2.05 bits per heavy atom. The average molecular weight is 302 g/mol. The molecule has 116 valence electrons. The molecule has 2 aromatic rings. The quantitative estimate of drug-likeness (QED) is 0.862. The number of hydrogen-bond donors (Lipinski definition) is 1. The Labute approximate surface area is 127 Å². The summed E-state index contributed by atoms with van der Waals surface area (Å²) in [7, 11) is 0. The summed E-state index contributed by atoms with van der Waals surface area (Å²) in [5.74, 6) is 0.455. The van der Waals surface area contributed by atoms with Crippen LogP contribution in [0.3, 0.4) is 0 Å². The number of morpholine rings is 1. The molecule has 22 heavy (non-hydrogen) atoms. The van der Waals surface area contributed by atoms with Crippen LogP contribution in [-0.4, -0.2) is 50.4 Å². The Kier molecular flexibility index (Phi) is 3.24. The molecular weight excluding hydrogens is 284 g/mol. The molecule has 0 saturated carbocycles. The van der Waals surface area contributed by atoms with Gasteiger partial charge in [0, 0.05) is 45.0 Å². The van der Waals surface area contributed by atoms with E-state index in [1.165, 1.54) is 6.07 Å². The number of pyridine rings is 1. The second-order valence-corrected chi connectivity index (χ2v) is 5.68. The molecule has 2 aliphatic rings. The van der Waals surface area contributed by atoms with Gasteiger partial charge in [0.2, 0.25) is 5.43 Å². The number of imidazole rings is 1. The van der Waals surface area contributed by atoms with E-state index in [1.54, 1.807) is 6.20 Å². The number of nitrogens with zero attached hydrogens (tertiary/aromatic N) is 4. The van der Waals surface area contributed by atoms with E-state index in [-0.39, 0.29) is 11.2 Å². The molecule has 7 heteroatoms. The molecule has 0 aromatic carbocycles. The lowest BCUT2D eigenvalue weighted by Gasteiger charge is -2.28. The first kappa shape index (κ1) is 13.5. The maximum Gasteiger partial charge on any atom is 0.223 e. The van der Waals surface area contributed by atoms with Crippen LogP contribution in [0.2, 0.25) is 0 Å². The van der Waals surface area contributed by atoms with Gasteiger partial charge in [-0.05, 0) is 0 Å². The van der Waals surface area contributed by atoms with Gasteiger partial charge in [0.1, 0.15) is 5.69 Å². The fourth-order valence-electron chi connectivity index (χ4n) is 3.16. The Morgan fingerprint density at radius 3 is 2.86 bits per heavy atom. The Hall–Kier alpha value is -2.12. The molecule has 0 atom stereocenters. The van der Waals surface area contributed by atoms with Crippen LogP contribution in [-0.2, 0) is 24.4 Å². The van der Waals surface area contributed by atoms with Gasteiger partial charge in [-0.2, -0.15) is 0 Å². The van der Waals surface area contributed by atoms with Gasteiger partial charge in [0.25, 0.3) is 0 Å². The van der Waals surface area contributed by atoms with Crippen molar-refractivity contribution in [2.24, 2.45) is 0 Å². The van der Waals surface area contributed by atoms with Gasteiger partial charge in [-0.15, -0.1) is 0 Å². The Balaban J connectivity index is 1.71. The van der Waals surface area contributed by atoms with Crippen molar-refractivity contribution >= 4 is 0 Å². The number of aryl methyl sites for hydroxylation is 1. The van der Waals surface area contributed by atoms with Gasteiger partial charge in [0.05, 0.1) is 25.1 Å². The molecule has 0 radical (unpaired) electrons. The van der Waals surface area contributed by atoms with E-state index in [4.69, 9.17) is 4.74 Å². The van der Waals surface area contributed by atoms with Crippen molar-refractivity contribution in [3.05, 3.63) is 34.4 Å². The number of aromatic nitrogens is 3. The van der Waals surface area contributed by atoms with Gasteiger partial charge in [-0.1, -0.05) is 0 Å². The predicted octanol–water partition coefficient (Wildman–Crippen LogP) is 0.263. The molecule has 0 unspecified atom stereocenters.